The van der Waals surface area contributed by atoms with Crippen molar-refractivity contribution in [2.24, 2.45) is 0 Å². The molecule has 1 heterocycles. The molecular weight excluding hydrogens is 355 g/mol. The largest absolute Gasteiger partial charge is 0.465 e. The Bertz CT molecular complexity index is 614. The van der Waals surface area contributed by atoms with E-state index >= 15 is 0 Å². The summed E-state index contributed by atoms with van der Waals surface area (Å²) in [6.45, 7) is 2.06. The van der Waals surface area contributed by atoms with Gasteiger partial charge in [-0.05, 0) is 59.3 Å². The van der Waals surface area contributed by atoms with E-state index in [4.69, 9.17) is 0 Å². The minimum absolute atomic E-state index is 0.371. The molecule has 0 amide bonds. The molecule has 1 aromatic carbocycles. The van der Waals surface area contributed by atoms with E-state index in [0.29, 0.717) is 11.4 Å². The Kier molecular flexibility index (Phi) is 4.36. The van der Waals surface area contributed by atoms with Crippen LogP contribution in [0.2, 0.25) is 0 Å². The van der Waals surface area contributed by atoms with Gasteiger partial charge >= 0.3 is 5.97 Å². The number of carbonyl (C=O) groups excluding carboxylic acids is 1. The first-order valence-electron chi connectivity index (χ1n) is 5.67. The molecule has 0 aliphatic carbocycles. The normalized spacial score (nSPS) is 10.1. The van der Waals surface area contributed by atoms with E-state index in [1.165, 1.54) is 16.2 Å². The molecule has 0 radical (unpaired) electrons. The monoisotopic (exact) mass is 368 g/mol. The molecule has 0 aliphatic rings. The number of nitrogens with one attached hydrogen (secondary N) is 1. The predicted octanol–water partition coefficient (Wildman–Crippen LogP) is 3.52. The fraction of sp³-hybridized carbons (Fsp3) is 0.143. The minimum atomic E-state index is -0.371. The summed E-state index contributed by atoms with van der Waals surface area (Å²) in [7, 11) is 1.36. The maximum Gasteiger partial charge on any atom is 0.338 e. The molecule has 2 rings (SSSR count). The third kappa shape index (κ3) is 3.44. The van der Waals surface area contributed by atoms with E-state index < -0.39 is 0 Å². The first-order chi connectivity index (χ1) is 9.10. The maximum absolute atomic E-state index is 11.4. The van der Waals surface area contributed by atoms with Crippen LogP contribution in [0.4, 0.5) is 11.5 Å². The number of carbonyl (C=O) groups is 1. The summed E-state index contributed by atoms with van der Waals surface area (Å²) in [6, 6.07) is 9.33. The first-order valence-corrected chi connectivity index (χ1v) is 6.75. The Morgan fingerprint density at radius 3 is 2.79 bits per heavy atom. The summed E-state index contributed by atoms with van der Waals surface area (Å²) in [5, 5.41) is 3.17. The van der Waals surface area contributed by atoms with Crippen LogP contribution in [0.1, 0.15) is 15.9 Å². The lowest BCUT2D eigenvalue weighted by Gasteiger charge is -2.08. The Hall–Kier alpha value is -1.63. The number of ether oxygens (including phenoxy) is 1. The highest BCUT2D eigenvalue weighted by Crippen LogP contribution is 2.20. The van der Waals surface area contributed by atoms with E-state index in [9.17, 15) is 4.79 Å². The average Bonchev–Trinajstić information content (AvgIpc) is 2.42. The maximum atomic E-state index is 11.4. The molecule has 0 spiro atoms. The SMILES string of the molecule is COC(=O)c1ccnc(Nc2ccc(C)c(I)c2)c1. The highest BCUT2D eigenvalue weighted by Gasteiger charge is 2.06. The molecule has 98 valence electrons. The second-order valence-electron chi connectivity index (χ2n) is 4.01. The van der Waals surface area contributed by atoms with Crippen molar-refractivity contribution < 1.29 is 9.53 Å². The fourth-order valence-corrected chi connectivity index (χ4v) is 2.08. The van der Waals surface area contributed by atoms with Crippen LogP contribution < -0.4 is 5.32 Å². The summed E-state index contributed by atoms with van der Waals surface area (Å²) in [5.41, 5.74) is 2.63. The number of esters is 1. The van der Waals surface area contributed by atoms with E-state index in [0.717, 1.165) is 5.69 Å². The van der Waals surface area contributed by atoms with Gasteiger partial charge < -0.3 is 10.1 Å². The van der Waals surface area contributed by atoms with Crippen LogP contribution in [0, 0.1) is 10.5 Å². The number of aryl methyl sites for hydroxylation is 1. The highest BCUT2D eigenvalue weighted by molar-refractivity contribution is 14.1. The van der Waals surface area contributed by atoms with E-state index in [1.807, 2.05) is 18.2 Å². The standard InChI is InChI=1S/C14H13IN2O2/c1-9-3-4-11(8-12(9)15)17-13-7-10(5-6-16-13)14(18)19-2/h3-8H,1-2H3,(H,16,17). The molecule has 2 aromatic rings. The minimum Gasteiger partial charge on any atom is -0.465 e. The molecule has 0 unspecified atom stereocenters. The van der Waals surface area contributed by atoms with E-state index in [-0.39, 0.29) is 5.97 Å². The highest BCUT2D eigenvalue weighted by atomic mass is 127. The van der Waals surface area contributed by atoms with Crippen molar-refractivity contribution in [3.05, 3.63) is 51.2 Å². The molecule has 0 fully saturated rings. The lowest BCUT2D eigenvalue weighted by Crippen LogP contribution is -2.03. The predicted molar refractivity (Wildman–Crippen MR) is 82.8 cm³/mol. The van der Waals surface area contributed by atoms with Crippen LogP contribution in [-0.2, 0) is 4.74 Å². The van der Waals surface area contributed by atoms with E-state index in [1.54, 1.807) is 18.3 Å². The van der Waals surface area contributed by atoms with Gasteiger partial charge in [-0.3, -0.25) is 0 Å². The van der Waals surface area contributed by atoms with Gasteiger partial charge in [-0.1, -0.05) is 6.07 Å². The van der Waals surface area contributed by atoms with Crippen molar-refractivity contribution in [2.45, 2.75) is 6.92 Å². The third-order valence-corrected chi connectivity index (χ3v) is 3.79. The number of pyridine rings is 1. The average molecular weight is 368 g/mol. The number of benzene rings is 1. The number of methoxy groups -OCH3 is 1. The summed E-state index contributed by atoms with van der Waals surface area (Å²) in [5.74, 6) is 0.242. The Balaban J connectivity index is 2.23. The number of hydrogen-bond donors (Lipinski definition) is 1. The molecule has 0 aliphatic heterocycles. The topological polar surface area (TPSA) is 51.2 Å². The van der Waals surface area contributed by atoms with Gasteiger partial charge in [0.25, 0.3) is 0 Å². The number of rotatable bonds is 3. The Morgan fingerprint density at radius 2 is 2.11 bits per heavy atom. The fourth-order valence-electron chi connectivity index (χ4n) is 1.56. The zero-order chi connectivity index (χ0) is 13.8. The van der Waals surface area contributed by atoms with Gasteiger partial charge in [-0.2, -0.15) is 0 Å². The molecule has 19 heavy (non-hydrogen) atoms. The summed E-state index contributed by atoms with van der Waals surface area (Å²) < 4.78 is 5.85. The number of nitrogens with zero attached hydrogens (tertiary/aromatic N) is 1. The number of hydrogen-bond acceptors (Lipinski definition) is 4. The van der Waals surface area contributed by atoms with Crippen LogP contribution in [0.15, 0.2) is 36.5 Å². The second-order valence-corrected chi connectivity index (χ2v) is 5.17. The lowest BCUT2D eigenvalue weighted by molar-refractivity contribution is 0.0600. The van der Waals surface area contributed by atoms with Crippen molar-refractivity contribution >= 4 is 40.1 Å². The second kappa shape index (κ2) is 6.01. The van der Waals surface area contributed by atoms with Crippen LogP contribution in [0.25, 0.3) is 0 Å². The third-order valence-electron chi connectivity index (χ3n) is 2.63. The van der Waals surface area contributed by atoms with E-state index in [2.05, 4.69) is 44.6 Å². The zero-order valence-electron chi connectivity index (χ0n) is 10.6. The number of aromatic nitrogens is 1. The van der Waals surface area contributed by atoms with Gasteiger partial charge in [-0.25, -0.2) is 9.78 Å². The molecule has 0 bridgehead atoms. The van der Waals surface area contributed by atoms with Crippen molar-refractivity contribution in [3.8, 4) is 0 Å². The molecular formula is C14H13IN2O2. The first kappa shape index (κ1) is 13.8. The number of halogens is 1. The van der Waals surface area contributed by atoms with Gasteiger partial charge in [0, 0.05) is 15.5 Å². The molecule has 4 nitrogen and oxygen atoms in total. The summed E-state index contributed by atoms with van der Waals surface area (Å²) in [4.78, 5) is 15.6. The van der Waals surface area contributed by atoms with Gasteiger partial charge in [0.15, 0.2) is 0 Å². The van der Waals surface area contributed by atoms with Crippen molar-refractivity contribution in [1.29, 1.82) is 0 Å². The Morgan fingerprint density at radius 1 is 1.32 bits per heavy atom. The summed E-state index contributed by atoms with van der Waals surface area (Å²) >= 11 is 2.28. The molecule has 5 heteroatoms. The van der Waals surface area contributed by atoms with Crippen LogP contribution >= 0.6 is 22.6 Å². The molecule has 1 N–H and O–H groups in total. The number of anilines is 2. The molecule has 0 saturated carbocycles. The molecule has 0 atom stereocenters. The molecule has 1 aromatic heterocycles. The quantitative estimate of drug-likeness (QED) is 0.665. The van der Waals surface area contributed by atoms with Crippen molar-refractivity contribution in [2.75, 3.05) is 12.4 Å². The Labute approximate surface area is 125 Å². The van der Waals surface area contributed by atoms with Crippen molar-refractivity contribution in [3.63, 3.8) is 0 Å². The zero-order valence-corrected chi connectivity index (χ0v) is 12.8. The van der Waals surface area contributed by atoms with Gasteiger partial charge in [0.2, 0.25) is 0 Å². The summed E-state index contributed by atoms with van der Waals surface area (Å²) in [6.07, 6.45) is 1.58. The van der Waals surface area contributed by atoms with Crippen LogP contribution in [0.3, 0.4) is 0 Å². The van der Waals surface area contributed by atoms with Gasteiger partial charge in [0.1, 0.15) is 5.82 Å². The van der Waals surface area contributed by atoms with Crippen LogP contribution in [0.5, 0.6) is 0 Å². The smallest absolute Gasteiger partial charge is 0.338 e. The van der Waals surface area contributed by atoms with Crippen LogP contribution in [-0.4, -0.2) is 18.1 Å². The van der Waals surface area contributed by atoms with Crippen molar-refractivity contribution in [1.82, 2.24) is 4.98 Å². The lowest BCUT2D eigenvalue weighted by atomic mass is 10.2. The van der Waals surface area contributed by atoms with Gasteiger partial charge in [0.05, 0.1) is 12.7 Å². The van der Waals surface area contributed by atoms with Gasteiger partial charge in [-0.15, -0.1) is 0 Å². The molecule has 0 saturated heterocycles.